The van der Waals surface area contributed by atoms with E-state index in [2.05, 4.69) is 4.99 Å². The fourth-order valence-electron chi connectivity index (χ4n) is 1.66. The molecule has 1 heterocycles. The van der Waals surface area contributed by atoms with Crippen LogP contribution in [0.15, 0.2) is 28.8 Å². The van der Waals surface area contributed by atoms with Crippen LogP contribution in [-0.2, 0) is 9.47 Å². The molecule has 0 fully saturated rings. The lowest BCUT2D eigenvalue weighted by molar-refractivity contribution is -0.134. The summed E-state index contributed by atoms with van der Waals surface area (Å²) < 4.78 is 10.5. The minimum absolute atomic E-state index is 0.426. The molecule has 1 N–H and O–H groups in total. The third-order valence-corrected chi connectivity index (χ3v) is 2.56. The molecule has 4 nitrogen and oxygen atoms in total. The number of rotatable bonds is 2. The van der Waals surface area contributed by atoms with E-state index in [9.17, 15) is 5.11 Å². The zero-order valence-electron chi connectivity index (χ0n) is 8.23. The fourth-order valence-corrected chi connectivity index (χ4v) is 1.66. The molecule has 1 unspecified atom stereocenters. The van der Waals surface area contributed by atoms with Crippen molar-refractivity contribution in [2.45, 2.75) is 11.9 Å². The van der Waals surface area contributed by atoms with Gasteiger partial charge >= 0.3 is 0 Å². The molecule has 14 heavy (non-hydrogen) atoms. The number of allylic oxidation sites excluding steroid dienone is 1. The quantitative estimate of drug-likeness (QED) is 0.644. The molecule has 0 bridgehead atoms. The SMILES string of the molecule is COC1(OC)C=CC2=NCC(O)C2=C1. The Balaban J connectivity index is 2.36. The number of aliphatic hydroxyl groups is 1. The molecule has 0 aromatic heterocycles. The van der Waals surface area contributed by atoms with E-state index >= 15 is 0 Å². The molecule has 2 aliphatic rings. The Kier molecular flexibility index (Phi) is 2.26. The predicted molar refractivity (Wildman–Crippen MR) is 52.3 cm³/mol. The van der Waals surface area contributed by atoms with Gasteiger partial charge in [-0.05, 0) is 18.2 Å². The summed E-state index contributed by atoms with van der Waals surface area (Å²) in [5.74, 6) is -0.848. The number of aliphatic imine (C=N–C) groups is 1. The first-order valence-electron chi connectivity index (χ1n) is 4.46. The van der Waals surface area contributed by atoms with Crippen LogP contribution < -0.4 is 0 Å². The van der Waals surface area contributed by atoms with E-state index in [1.54, 1.807) is 26.4 Å². The topological polar surface area (TPSA) is 51.0 Å². The van der Waals surface area contributed by atoms with Crippen molar-refractivity contribution in [2.75, 3.05) is 20.8 Å². The molecular formula is C10H13NO3. The van der Waals surface area contributed by atoms with Crippen LogP contribution in [0.5, 0.6) is 0 Å². The number of methoxy groups -OCH3 is 2. The highest BCUT2D eigenvalue weighted by Gasteiger charge is 2.33. The van der Waals surface area contributed by atoms with E-state index in [4.69, 9.17) is 9.47 Å². The van der Waals surface area contributed by atoms with Crippen LogP contribution in [0.3, 0.4) is 0 Å². The van der Waals surface area contributed by atoms with Crippen molar-refractivity contribution in [3.63, 3.8) is 0 Å². The maximum atomic E-state index is 9.62. The number of hydrogen-bond donors (Lipinski definition) is 1. The summed E-state index contributed by atoms with van der Waals surface area (Å²) in [6.07, 6.45) is 4.84. The van der Waals surface area contributed by atoms with E-state index in [-0.39, 0.29) is 0 Å². The maximum Gasteiger partial charge on any atom is 0.208 e. The minimum atomic E-state index is -0.848. The summed E-state index contributed by atoms with van der Waals surface area (Å²) in [5, 5.41) is 9.62. The first-order valence-corrected chi connectivity index (χ1v) is 4.46. The molecule has 1 aliphatic heterocycles. The molecule has 1 aliphatic carbocycles. The smallest absolute Gasteiger partial charge is 0.208 e. The van der Waals surface area contributed by atoms with Crippen molar-refractivity contribution < 1.29 is 14.6 Å². The lowest BCUT2D eigenvalue weighted by atomic mass is 9.97. The summed E-state index contributed by atoms with van der Waals surface area (Å²) in [6.45, 7) is 0.426. The largest absolute Gasteiger partial charge is 0.386 e. The standard InChI is InChI=1S/C10H13NO3/c1-13-10(14-2)4-3-8-7(5-10)9(12)6-11-8/h3-5,9,12H,6H2,1-2H3. The van der Waals surface area contributed by atoms with Gasteiger partial charge in [0.25, 0.3) is 0 Å². The van der Waals surface area contributed by atoms with E-state index < -0.39 is 11.9 Å². The zero-order chi connectivity index (χ0) is 10.2. The van der Waals surface area contributed by atoms with Gasteiger partial charge in [0.15, 0.2) is 0 Å². The van der Waals surface area contributed by atoms with Crippen LogP contribution in [0.1, 0.15) is 0 Å². The van der Waals surface area contributed by atoms with E-state index in [1.807, 2.05) is 6.08 Å². The predicted octanol–water partition coefficient (Wildman–Crippen LogP) is 0.287. The number of ether oxygens (including phenoxy) is 2. The molecule has 2 rings (SSSR count). The molecule has 4 heteroatoms. The van der Waals surface area contributed by atoms with Gasteiger partial charge in [0.05, 0.1) is 12.3 Å². The van der Waals surface area contributed by atoms with Crippen molar-refractivity contribution in [1.29, 1.82) is 0 Å². The number of aliphatic hydroxyl groups excluding tert-OH is 1. The minimum Gasteiger partial charge on any atom is -0.386 e. The first kappa shape index (κ1) is 9.58. The number of nitrogens with zero attached hydrogens (tertiary/aromatic N) is 1. The highest BCUT2D eigenvalue weighted by Crippen LogP contribution is 2.27. The van der Waals surface area contributed by atoms with E-state index in [1.165, 1.54) is 0 Å². The van der Waals surface area contributed by atoms with Crippen LogP contribution in [0.4, 0.5) is 0 Å². The van der Waals surface area contributed by atoms with Crippen LogP contribution in [-0.4, -0.2) is 43.5 Å². The second kappa shape index (κ2) is 3.31. The molecular weight excluding hydrogens is 182 g/mol. The van der Waals surface area contributed by atoms with Gasteiger partial charge in [0, 0.05) is 19.8 Å². The summed E-state index contributed by atoms with van der Waals surface area (Å²) in [7, 11) is 3.13. The van der Waals surface area contributed by atoms with Crippen LogP contribution in [0.25, 0.3) is 0 Å². The summed E-state index contributed by atoms with van der Waals surface area (Å²) >= 11 is 0. The number of fused-ring (bicyclic) bond motifs is 1. The van der Waals surface area contributed by atoms with Crippen molar-refractivity contribution in [3.8, 4) is 0 Å². The Labute approximate surface area is 82.5 Å². The summed E-state index contributed by atoms with van der Waals surface area (Å²) in [4.78, 5) is 4.17. The Morgan fingerprint density at radius 1 is 1.50 bits per heavy atom. The van der Waals surface area contributed by atoms with Gasteiger partial charge in [0.1, 0.15) is 6.10 Å². The Hall–Kier alpha value is -0.970. The van der Waals surface area contributed by atoms with Crippen LogP contribution >= 0.6 is 0 Å². The van der Waals surface area contributed by atoms with E-state index in [0.29, 0.717) is 6.54 Å². The van der Waals surface area contributed by atoms with Crippen molar-refractivity contribution in [1.82, 2.24) is 0 Å². The normalized spacial score (nSPS) is 28.4. The second-order valence-corrected chi connectivity index (χ2v) is 3.30. The lowest BCUT2D eigenvalue weighted by Crippen LogP contribution is -2.33. The monoisotopic (exact) mass is 195 g/mol. The molecule has 0 radical (unpaired) electrons. The van der Waals surface area contributed by atoms with Gasteiger partial charge in [-0.1, -0.05) is 0 Å². The highest BCUT2D eigenvalue weighted by atomic mass is 16.7. The van der Waals surface area contributed by atoms with Crippen molar-refractivity contribution in [2.24, 2.45) is 4.99 Å². The van der Waals surface area contributed by atoms with Gasteiger partial charge in [-0.15, -0.1) is 0 Å². The zero-order valence-corrected chi connectivity index (χ0v) is 8.23. The molecule has 0 amide bonds. The van der Waals surface area contributed by atoms with Crippen LogP contribution in [0.2, 0.25) is 0 Å². The molecule has 0 aromatic rings. The summed E-state index contributed by atoms with van der Waals surface area (Å²) in [6, 6.07) is 0. The van der Waals surface area contributed by atoms with Crippen LogP contribution in [0, 0.1) is 0 Å². The Morgan fingerprint density at radius 2 is 2.21 bits per heavy atom. The number of hydrogen-bond acceptors (Lipinski definition) is 4. The van der Waals surface area contributed by atoms with Gasteiger partial charge in [-0.3, -0.25) is 4.99 Å². The molecule has 1 atom stereocenters. The third-order valence-electron chi connectivity index (χ3n) is 2.56. The van der Waals surface area contributed by atoms with Gasteiger partial charge in [-0.2, -0.15) is 0 Å². The van der Waals surface area contributed by atoms with Gasteiger partial charge < -0.3 is 14.6 Å². The average molecular weight is 195 g/mol. The van der Waals surface area contributed by atoms with Gasteiger partial charge in [-0.25, -0.2) is 0 Å². The van der Waals surface area contributed by atoms with Gasteiger partial charge in [0.2, 0.25) is 5.79 Å². The molecule has 0 saturated carbocycles. The van der Waals surface area contributed by atoms with Crippen molar-refractivity contribution >= 4 is 5.71 Å². The second-order valence-electron chi connectivity index (χ2n) is 3.30. The van der Waals surface area contributed by atoms with E-state index in [0.717, 1.165) is 11.3 Å². The molecule has 76 valence electrons. The Bertz CT molecular complexity index is 326. The lowest BCUT2D eigenvalue weighted by Gasteiger charge is -2.27. The molecule has 0 aromatic carbocycles. The third kappa shape index (κ3) is 1.32. The fraction of sp³-hybridized carbons (Fsp3) is 0.500. The Morgan fingerprint density at radius 3 is 2.86 bits per heavy atom. The average Bonchev–Trinajstić information content (AvgIpc) is 2.60. The van der Waals surface area contributed by atoms with Crippen molar-refractivity contribution in [3.05, 3.63) is 23.8 Å². The molecule has 0 spiro atoms. The summed E-state index contributed by atoms with van der Waals surface area (Å²) in [5.41, 5.74) is 1.61. The first-order chi connectivity index (χ1) is 6.71. The highest BCUT2D eigenvalue weighted by molar-refractivity contribution is 6.11. The maximum absolute atomic E-state index is 9.62. The molecule has 0 saturated heterocycles.